The number of carbonyl (C=O) groups is 1. The van der Waals surface area contributed by atoms with Crippen LogP contribution in [-0.4, -0.2) is 23.4 Å². The lowest BCUT2D eigenvalue weighted by atomic mass is 10.1. The van der Waals surface area contributed by atoms with Crippen LogP contribution in [0.5, 0.6) is 0 Å². The molecule has 0 radical (unpaired) electrons. The van der Waals surface area contributed by atoms with Crippen LogP contribution in [0.25, 0.3) is 0 Å². The molecule has 0 aliphatic carbocycles. The zero-order valence-electron chi connectivity index (χ0n) is 12.2. The molecule has 21 heavy (non-hydrogen) atoms. The number of anilines is 1. The van der Waals surface area contributed by atoms with Gasteiger partial charge >= 0.3 is 0 Å². The summed E-state index contributed by atoms with van der Waals surface area (Å²) < 4.78 is 0. The lowest BCUT2D eigenvalue weighted by molar-refractivity contribution is -0.121. The standard InChI is InChI=1S/C17H20N2OS/c1-2-15(17(20)18-14-6-4-3-5-7-14)19-10-8-16-13(12-19)9-11-21-16/h3-7,9,11,15H,2,8,10,12H2,1H3,(H,18,20)/t15-/m1/s1. The van der Waals surface area contributed by atoms with Crippen LogP contribution in [0.1, 0.15) is 23.8 Å². The largest absolute Gasteiger partial charge is 0.325 e. The summed E-state index contributed by atoms with van der Waals surface area (Å²) in [5, 5.41) is 5.18. The van der Waals surface area contributed by atoms with E-state index in [0.29, 0.717) is 0 Å². The van der Waals surface area contributed by atoms with Gasteiger partial charge in [-0.2, -0.15) is 0 Å². The average molecular weight is 300 g/mol. The van der Waals surface area contributed by atoms with Gasteiger partial charge < -0.3 is 5.32 Å². The van der Waals surface area contributed by atoms with Gasteiger partial charge in [0.15, 0.2) is 0 Å². The van der Waals surface area contributed by atoms with E-state index in [9.17, 15) is 4.79 Å². The fourth-order valence-corrected chi connectivity index (χ4v) is 3.78. The molecule has 1 amide bonds. The molecular formula is C17H20N2OS. The number of amides is 1. The first-order valence-electron chi connectivity index (χ1n) is 7.43. The van der Waals surface area contributed by atoms with Gasteiger partial charge in [-0.15, -0.1) is 11.3 Å². The van der Waals surface area contributed by atoms with Gasteiger partial charge in [-0.25, -0.2) is 0 Å². The van der Waals surface area contributed by atoms with Crippen molar-refractivity contribution in [1.82, 2.24) is 4.90 Å². The number of fused-ring (bicyclic) bond motifs is 1. The Bertz CT molecular complexity index is 608. The summed E-state index contributed by atoms with van der Waals surface area (Å²) in [4.78, 5) is 16.3. The third-order valence-corrected chi connectivity index (χ3v) is 5.03. The summed E-state index contributed by atoms with van der Waals surface area (Å²) in [6.07, 6.45) is 1.89. The van der Waals surface area contributed by atoms with E-state index >= 15 is 0 Å². The van der Waals surface area contributed by atoms with Gasteiger partial charge in [0, 0.05) is 23.7 Å². The molecule has 2 heterocycles. The minimum atomic E-state index is -0.0572. The molecule has 0 saturated heterocycles. The van der Waals surface area contributed by atoms with E-state index in [1.54, 1.807) is 0 Å². The Morgan fingerprint density at radius 2 is 2.14 bits per heavy atom. The Kier molecular flexibility index (Phi) is 4.36. The van der Waals surface area contributed by atoms with Gasteiger partial charge in [-0.05, 0) is 42.0 Å². The lowest BCUT2D eigenvalue weighted by Crippen LogP contribution is -2.45. The summed E-state index contributed by atoms with van der Waals surface area (Å²) >= 11 is 1.83. The summed E-state index contributed by atoms with van der Waals surface area (Å²) in [5.41, 5.74) is 2.26. The van der Waals surface area contributed by atoms with Gasteiger partial charge in [0.25, 0.3) is 0 Å². The van der Waals surface area contributed by atoms with Crippen LogP contribution in [0, 0.1) is 0 Å². The van der Waals surface area contributed by atoms with E-state index < -0.39 is 0 Å². The van der Waals surface area contributed by atoms with Crippen molar-refractivity contribution in [2.24, 2.45) is 0 Å². The fraction of sp³-hybridized carbons (Fsp3) is 0.353. The Morgan fingerprint density at radius 1 is 1.33 bits per heavy atom. The second kappa shape index (κ2) is 6.41. The fourth-order valence-electron chi connectivity index (χ4n) is 2.89. The quantitative estimate of drug-likeness (QED) is 0.937. The highest BCUT2D eigenvalue weighted by Crippen LogP contribution is 2.26. The molecule has 1 aliphatic rings. The molecule has 1 N–H and O–H groups in total. The van der Waals surface area contributed by atoms with Crippen molar-refractivity contribution in [2.75, 3.05) is 11.9 Å². The number of hydrogen-bond acceptors (Lipinski definition) is 3. The highest BCUT2D eigenvalue weighted by Gasteiger charge is 2.27. The third-order valence-electron chi connectivity index (χ3n) is 4.01. The van der Waals surface area contributed by atoms with Crippen LogP contribution < -0.4 is 5.32 Å². The number of nitrogens with zero attached hydrogens (tertiary/aromatic N) is 1. The number of hydrogen-bond donors (Lipinski definition) is 1. The monoisotopic (exact) mass is 300 g/mol. The number of para-hydroxylation sites is 1. The van der Waals surface area contributed by atoms with Crippen molar-refractivity contribution in [3.63, 3.8) is 0 Å². The maximum atomic E-state index is 12.5. The molecule has 0 unspecified atom stereocenters. The van der Waals surface area contributed by atoms with Gasteiger partial charge in [0.05, 0.1) is 6.04 Å². The van der Waals surface area contributed by atoms with E-state index in [1.165, 1.54) is 10.4 Å². The van der Waals surface area contributed by atoms with Gasteiger partial charge in [0.2, 0.25) is 5.91 Å². The van der Waals surface area contributed by atoms with Crippen LogP contribution in [0.2, 0.25) is 0 Å². The first kappa shape index (κ1) is 14.3. The molecule has 3 rings (SSSR count). The Hall–Kier alpha value is -1.65. The molecule has 0 fully saturated rings. The minimum absolute atomic E-state index is 0.0572. The van der Waals surface area contributed by atoms with E-state index in [1.807, 2.05) is 41.7 Å². The SMILES string of the molecule is CC[C@H](C(=O)Nc1ccccc1)N1CCc2sccc2C1. The third kappa shape index (κ3) is 3.17. The van der Waals surface area contributed by atoms with Crippen LogP contribution in [0.3, 0.4) is 0 Å². The number of thiophene rings is 1. The van der Waals surface area contributed by atoms with Crippen molar-refractivity contribution < 1.29 is 4.79 Å². The number of rotatable bonds is 4. The second-order valence-corrected chi connectivity index (χ2v) is 6.37. The van der Waals surface area contributed by atoms with Crippen LogP contribution in [0.4, 0.5) is 5.69 Å². The molecule has 110 valence electrons. The molecule has 0 spiro atoms. The predicted octanol–water partition coefficient (Wildman–Crippen LogP) is 3.52. The van der Waals surface area contributed by atoms with E-state index in [4.69, 9.17) is 0 Å². The summed E-state index contributed by atoms with van der Waals surface area (Å²) in [5.74, 6) is 0.0994. The highest BCUT2D eigenvalue weighted by molar-refractivity contribution is 7.10. The molecule has 2 aromatic rings. The smallest absolute Gasteiger partial charge is 0.241 e. The normalized spacial score (nSPS) is 16.2. The summed E-state index contributed by atoms with van der Waals surface area (Å²) in [6.45, 7) is 3.94. The van der Waals surface area contributed by atoms with Crippen molar-refractivity contribution >= 4 is 22.9 Å². The first-order valence-corrected chi connectivity index (χ1v) is 8.31. The highest BCUT2D eigenvalue weighted by atomic mass is 32.1. The topological polar surface area (TPSA) is 32.3 Å². The predicted molar refractivity (Wildman–Crippen MR) is 87.6 cm³/mol. The van der Waals surface area contributed by atoms with Crippen molar-refractivity contribution in [2.45, 2.75) is 32.4 Å². The molecule has 4 heteroatoms. The van der Waals surface area contributed by atoms with Gasteiger partial charge in [-0.3, -0.25) is 9.69 Å². The van der Waals surface area contributed by atoms with E-state index in [-0.39, 0.29) is 11.9 Å². The van der Waals surface area contributed by atoms with Crippen LogP contribution in [-0.2, 0) is 17.8 Å². The molecule has 3 nitrogen and oxygen atoms in total. The molecule has 1 aromatic heterocycles. The van der Waals surface area contributed by atoms with Gasteiger partial charge in [-0.1, -0.05) is 25.1 Å². The molecule has 1 atom stereocenters. The van der Waals surface area contributed by atoms with E-state index in [2.05, 4.69) is 28.6 Å². The van der Waals surface area contributed by atoms with Crippen molar-refractivity contribution in [3.05, 3.63) is 52.2 Å². The first-order chi connectivity index (χ1) is 10.3. The maximum absolute atomic E-state index is 12.5. The molecule has 1 aromatic carbocycles. The Balaban J connectivity index is 1.69. The van der Waals surface area contributed by atoms with Crippen LogP contribution >= 0.6 is 11.3 Å². The van der Waals surface area contributed by atoms with Crippen LogP contribution in [0.15, 0.2) is 41.8 Å². The summed E-state index contributed by atoms with van der Waals surface area (Å²) in [6, 6.07) is 11.8. The molecule has 1 aliphatic heterocycles. The lowest BCUT2D eigenvalue weighted by Gasteiger charge is -2.33. The number of benzene rings is 1. The zero-order valence-corrected chi connectivity index (χ0v) is 13.0. The minimum Gasteiger partial charge on any atom is -0.325 e. The number of carbonyl (C=O) groups excluding carboxylic acids is 1. The second-order valence-electron chi connectivity index (χ2n) is 5.37. The summed E-state index contributed by atoms with van der Waals surface area (Å²) in [7, 11) is 0. The molecular weight excluding hydrogens is 280 g/mol. The number of nitrogens with one attached hydrogen (secondary N) is 1. The molecule has 0 bridgehead atoms. The average Bonchev–Trinajstić information content (AvgIpc) is 2.96. The van der Waals surface area contributed by atoms with E-state index in [0.717, 1.165) is 31.6 Å². The molecule has 0 saturated carbocycles. The zero-order chi connectivity index (χ0) is 14.7. The Morgan fingerprint density at radius 3 is 2.90 bits per heavy atom. The van der Waals surface area contributed by atoms with Crippen molar-refractivity contribution in [3.8, 4) is 0 Å². The Labute approximate surface area is 129 Å². The van der Waals surface area contributed by atoms with Gasteiger partial charge in [0.1, 0.15) is 0 Å². The van der Waals surface area contributed by atoms with Crippen molar-refractivity contribution in [1.29, 1.82) is 0 Å². The maximum Gasteiger partial charge on any atom is 0.241 e.